The van der Waals surface area contributed by atoms with Gasteiger partial charge in [-0.1, -0.05) is 0 Å². The van der Waals surface area contributed by atoms with Gasteiger partial charge in [0.2, 0.25) is 0 Å². The van der Waals surface area contributed by atoms with Gasteiger partial charge >= 0.3 is 0 Å². The van der Waals surface area contributed by atoms with Gasteiger partial charge in [0.05, 0.1) is 0 Å². The normalized spacial score (nSPS) is 15.8. The molecule has 0 fully saturated rings. The van der Waals surface area contributed by atoms with Gasteiger partial charge in [0, 0.05) is 18.6 Å². The van der Waals surface area contributed by atoms with Crippen molar-refractivity contribution in [3.05, 3.63) is 24.6 Å². The number of aliphatic imine (C=N–C) groups is 2. The summed E-state index contributed by atoms with van der Waals surface area (Å²) in [6, 6.07) is 0. The second-order valence-electron chi connectivity index (χ2n) is 1.63. The highest BCUT2D eigenvalue weighted by Gasteiger charge is 1.86. The number of rotatable bonds is 1. The molecule has 0 aromatic heterocycles. The maximum Gasteiger partial charge on any atom is 0.168 e. The molecule has 0 saturated heterocycles. The van der Waals surface area contributed by atoms with E-state index in [-0.39, 0.29) is 0 Å². The van der Waals surface area contributed by atoms with Crippen molar-refractivity contribution in [2.24, 2.45) is 9.98 Å². The van der Waals surface area contributed by atoms with E-state index in [4.69, 9.17) is 0 Å². The molecule has 1 aliphatic heterocycles. The minimum absolute atomic E-state index is 0.383. The number of aldehydes is 1. The van der Waals surface area contributed by atoms with Gasteiger partial charge in [0.1, 0.15) is 5.71 Å². The first-order valence-electron chi connectivity index (χ1n) is 2.81. The predicted molar refractivity (Wildman–Crippen MR) is 40.3 cm³/mol. The number of allylic oxidation sites excluding steroid dienone is 2. The smallest absolute Gasteiger partial charge is 0.168 e. The largest absolute Gasteiger partial charge is 0.296 e. The van der Waals surface area contributed by atoms with Gasteiger partial charge in [-0.15, -0.1) is 0 Å². The van der Waals surface area contributed by atoms with E-state index in [1.807, 2.05) is 0 Å². The van der Waals surface area contributed by atoms with E-state index in [0.29, 0.717) is 12.0 Å². The zero-order chi connectivity index (χ0) is 7.23. The van der Waals surface area contributed by atoms with Crippen LogP contribution in [0.15, 0.2) is 34.5 Å². The van der Waals surface area contributed by atoms with Gasteiger partial charge in [0.15, 0.2) is 6.29 Å². The zero-order valence-corrected chi connectivity index (χ0v) is 5.27. The topological polar surface area (TPSA) is 41.8 Å². The van der Waals surface area contributed by atoms with Crippen molar-refractivity contribution in [2.75, 3.05) is 0 Å². The van der Waals surface area contributed by atoms with Crippen molar-refractivity contribution in [1.82, 2.24) is 0 Å². The van der Waals surface area contributed by atoms with Gasteiger partial charge in [-0.05, 0) is 12.2 Å². The van der Waals surface area contributed by atoms with Crippen LogP contribution < -0.4 is 0 Å². The quantitative estimate of drug-likeness (QED) is 0.487. The van der Waals surface area contributed by atoms with Crippen molar-refractivity contribution in [3.63, 3.8) is 0 Å². The van der Waals surface area contributed by atoms with Crippen LogP contribution in [0.25, 0.3) is 0 Å². The van der Waals surface area contributed by atoms with Gasteiger partial charge in [-0.3, -0.25) is 14.8 Å². The predicted octanol–water partition coefficient (Wildman–Crippen LogP) is 0.738. The lowest BCUT2D eigenvalue weighted by Gasteiger charge is -1.86. The Hall–Kier alpha value is -1.51. The van der Waals surface area contributed by atoms with Gasteiger partial charge in [-0.25, -0.2) is 0 Å². The Balaban J connectivity index is 2.82. The lowest BCUT2D eigenvalue weighted by atomic mass is 10.4. The first kappa shape index (κ1) is 6.61. The minimum Gasteiger partial charge on any atom is -0.296 e. The summed E-state index contributed by atoms with van der Waals surface area (Å²) in [5, 5.41) is 0. The highest BCUT2D eigenvalue weighted by molar-refractivity contribution is 6.33. The summed E-state index contributed by atoms with van der Waals surface area (Å²) in [4.78, 5) is 17.7. The molecule has 0 aliphatic carbocycles. The molecule has 3 nitrogen and oxygen atoms in total. The third kappa shape index (κ3) is 1.78. The molecule has 10 heavy (non-hydrogen) atoms. The van der Waals surface area contributed by atoms with Crippen LogP contribution in [-0.2, 0) is 4.79 Å². The number of carbonyl (C=O) groups is 1. The van der Waals surface area contributed by atoms with Crippen LogP contribution in [0, 0.1) is 0 Å². The van der Waals surface area contributed by atoms with Crippen molar-refractivity contribution in [2.45, 2.75) is 0 Å². The molecule has 3 heteroatoms. The molecule has 0 aromatic carbocycles. The van der Waals surface area contributed by atoms with Crippen molar-refractivity contribution in [1.29, 1.82) is 0 Å². The first-order valence-corrected chi connectivity index (χ1v) is 2.81. The Morgan fingerprint density at radius 3 is 3.10 bits per heavy atom. The van der Waals surface area contributed by atoms with Gasteiger partial charge < -0.3 is 0 Å². The van der Waals surface area contributed by atoms with Crippen LogP contribution in [0.5, 0.6) is 0 Å². The van der Waals surface area contributed by atoms with E-state index < -0.39 is 0 Å². The standard InChI is InChI=1S/C7H6N2O/c10-6-7-2-5-8-3-1-4-9-7/h1-6H. The van der Waals surface area contributed by atoms with E-state index in [1.54, 1.807) is 18.4 Å². The molecule has 0 bridgehead atoms. The highest BCUT2D eigenvalue weighted by atomic mass is 16.1. The van der Waals surface area contributed by atoms with E-state index in [2.05, 4.69) is 9.98 Å². The van der Waals surface area contributed by atoms with Crippen LogP contribution in [-0.4, -0.2) is 18.2 Å². The molecule has 0 saturated carbocycles. The second-order valence-corrected chi connectivity index (χ2v) is 1.63. The second kappa shape index (κ2) is 3.50. The molecule has 1 heterocycles. The molecule has 0 N–H and O–H groups in total. The molecule has 0 amide bonds. The molecular formula is C7H6N2O. The van der Waals surface area contributed by atoms with Crippen molar-refractivity contribution in [3.8, 4) is 0 Å². The summed E-state index contributed by atoms with van der Waals surface area (Å²) in [7, 11) is 0. The van der Waals surface area contributed by atoms with Crippen LogP contribution in [0.1, 0.15) is 0 Å². The fraction of sp³-hybridized carbons (Fsp3) is 0. The zero-order valence-electron chi connectivity index (χ0n) is 5.27. The Bertz CT molecular complexity index is 236. The fourth-order valence-corrected chi connectivity index (χ4v) is 0.499. The molecule has 0 atom stereocenters. The Morgan fingerprint density at radius 1 is 1.40 bits per heavy atom. The molecule has 0 unspecified atom stereocenters. The Labute approximate surface area is 58.5 Å². The lowest BCUT2D eigenvalue weighted by Crippen LogP contribution is -1.93. The average molecular weight is 134 g/mol. The Kier molecular flexibility index (Phi) is 2.31. The summed E-state index contributed by atoms with van der Waals surface area (Å²) >= 11 is 0. The van der Waals surface area contributed by atoms with E-state index >= 15 is 0 Å². The minimum atomic E-state index is 0.383. The van der Waals surface area contributed by atoms with E-state index in [1.165, 1.54) is 12.4 Å². The van der Waals surface area contributed by atoms with Crippen LogP contribution in [0.2, 0.25) is 0 Å². The Morgan fingerprint density at radius 2 is 2.30 bits per heavy atom. The van der Waals surface area contributed by atoms with E-state index in [0.717, 1.165) is 0 Å². The number of hydrogen-bond acceptors (Lipinski definition) is 3. The molecular weight excluding hydrogens is 128 g/mol. The summed E-state index contributed by atoms with van der Waals surface area (Å²) in [6.07, 6.45) is 8.54. The fourth-order valence-electron chi connectivity index (χ4n) is 0.499. The SMILES string of the molecule is O=CC1=NC=CC=NC=C1. The van der Waals surface area contributed by atoms with Crippen molar-refractivity contribution >= 4 is 18.2 Å². The summed E-state index contributed by atoms with van der Waals surface area (Å²) in [5.41, 5.74) is 0.383. The number of carbonyl (C=O) groups excluding carboxylic acids is 1. The summed E-state index contributed by atoms with van der Waals surface area (Å²) in [5.74, 6) is 0. The molecule has 1 aliphatic rings. The summed E-state index contributed by atoms with van der Waals surface area (Å²) in [6.45, 7) is 0. The maximum absolute atomic E-state index is 10.2. The molecule has 0 spiro atoms. The van der Waals surface area contributed by atoms with Gasteiger partial charge in [-0.2, -0.15) is 0 Å². The number of nitrogens with zero attached hydrogens (tertiary/aromatic N) is 2. The third-order valence-electron chi connectivity index (χ3n) is 0.934. The number of hydrogen-bond donors (Lipinski definition) is 0. The van der Waals surface area contributed by atoms with Gasteiger partial charge in [0.25, 0.3) is 0 Å². The average Bonchev–Trinajstić information content (AvgIpc) is 1.87. The van der Waals surface area contributed by atoms with E-state index in [9.17, 15) is 4.79 Å². The third-order valence-corrected chi connectivity index (χ3v) is 0.934. The molecule has 1 rings (SSSR count). The highest BCUT2D eigenvalue weighted by Crippen LogP contribution is 1.85. The molecule has 50 valence electrons. The maximum atomic E-state index is 10.2. The van der Waals surface area contributed by atoms with Crippen molar-refractivity contribution < 1.29 is 4.79 Å². The molecule has 0 aromatic rings. The lowest BCUT2D eigenvalue weighted by molar-refractivity contribution is -0.102. The van der Waals surface area contributed by atoms with Crippen LogP contribution >= 0.6 is 0 Å². The summed E-state index contributed by atoms with van der Waals surface area (Å²) < 4.78 is 0. The monoisotopic (exact) mass is 134 g/mol. The van der Waals surface area contributed by atoms with Crippen LogP contribution in [0.3, 0.4) is 0 Å². The van der Waals surface area contributed by atoms with Crippen LogP contribution in [0.4, 0.5) is 0 Å². The first-order chi connectivity index (χ1) is 4.93. The molecule has 0 radical (unpaired) electrons.